The number of hydrogen-bond acceptors (Lipinski definition) is 4. The average Bonchev–Trinajstić information content (AvgIpc) is 2.12. The summed E-state index contributed by atoms with van der Waals surface area (Å²) in [7, 11) is -1.08. The normalized spacial score (nSPS) is 14.1. The van der Waals surface area contributed by atoms with Crippen molar-refractivity contribution >= 4 is 13.6 Å². The second-order valence-electron chi connectivity index (χ2n) is 2.55. The summed E-state index contributed by atoms with van der Waals surface area (Å²) in [6.07, 6.45) is 0.905. The van der Waals surface area contributed by atoms with Gasteiger partial charge in [0.05, 0.1) is 0 Å². The topological polar surface area (TPSA) is 72.8 Å². The Morgan fingerprint density at radius 2 is 1.92 bits per heavy atom. The van der Waals surface area contributed by atoms with Crippen LogP contribution in [-0.4, -0.2) is 31.0 Å². The van der Waals surface area contributed by atoms with Gasteiger partial charge in [-0.25, -0.2) is 0 Å². The Kier molecular flexibility index (Phi) is 5.21. The minimum atomic E-state index is -3.46. The lowest BCUT2D eigenvalue weighted by Crippen LogP contribution is -2.21. The van der Waals surface area contributed by atoms with Crippen LogP contribution in [-0.2, 0) is 18.4 Å². The first-order valence-electron chi connectivity index (χ1n) is 3.95. The Labute approximate surface area is 77.6 Å². The maximum Gasteiger partial charge on any atom is 0.344 e. The van der Waals surface area contributed by atoms with E-state index < -0.39 is 19.2 Å². The van der Waals surface area contributed by atoms with E-state index in [0.717, 1.165) is 0 Å². The van der Waals surface area contributed by atoms with Crippen molar-refractivity contribution in [1.82, 2.24) is 0 Å². The Balaban J connectivity index is 4.69. The molecule has 0 saturated heterocycles. The van der Waals surface area contributed by atoms with Crippen LogP contribution in [0.25, 0.3) is 0 Å². The third kappa shape index (κ3) is 3.10. The van der Waals surface area contributed by atoms with Gasteiger partial charge in [0.2, 0.25) is 0 Å². The van der Waals surface area contributed by atoms with E-state index in [1.54, 1.807) is 0 Å². The maximum atomic E-state index is 11.7. The molecule has 78 valence electrons. The quantitative estimate of drug-likeness (QED) is 0.676. The molecule has 0 radical (unpaired) electrons. The van der Waals surface area contributed by atoms with Crippen molar-refractivity contribution in [2.45, 2.75) is 25.4 Å². The van der Waals surface area contributed by atoms with Gasteiger partial charge in [0.1, 0.15) is 0 Å². The van der Waals surface area contributed by atoms with Crippen molar-refractivity contribution in [1.29, 1.82) is 0 Å². The molecule has 0 aromatic rings. The first-order chi connectivity index (χ1) is 6.01. The summed E-state index contributed by atoms with van der Waals surface area (Å²) in [5.41, 5.74) is -1.06. The summed E-state index contributed by atoms with van der Waals surface area (Å²) in [5.74, 6) is -1.14. The molecule has 0 aromatic heterocycles. The van der Waals surface area contributed by atoms with Crippen molar-refractivity contribution in [3.05, 3.63) is 0 Å². The zero-order valence-corrected chi connectivity index (χ0v) is 8.91. The van der Waals surface area contributed by atoms with Crippen LogP contribution in [0.4, 0.5) is 0 Å². The van der Waals surface area contributed by atoms with E-state index in [2.05, 4.69) is 9.05 Å². The number of aliphatic carboxylic acids is 1. The van der Waals surface area contributed by atoms with E-state index in [4.69, 9.17) is 5.11 Å². The van der Waals surface area contributed by atoms with Crippen LogP contribution in [0.2, 0.25) is 0 Å². The fourth-order valence-electron chi connectivity index (χ4n) is 1.02. The number of rotatable bonds is 6. The summed E-state index contributed by atoms with van der Waals surface area (Å²) in [6.45, 7) is 1.81. The monoisotopic (exact) mass is 210 g/mol. The third-order valence-corrected chi connectivity index (χ3v) is 4.00. The van der Waals surface area contributed by atoms with Gasteiger partial charge in [-0.15, -0.1) is 0 Å². The zero-order chi connectivity index (χ0) is 10.5. The van der Waals surface area contributed by atoms with Crippen molar-refractivity contribution in [2.24, 2.45) is 0 Å². The highest BCUT2D eigenvalue weighted by Gasteiger charge is 2.38. The van der Waals surface area contributed by atoms with Gasteiger partial charge in [-0.1, -0.05) is 13.3 Å². The van der Waals surface area contributed by atoms with E-state index in [0.29, 0.717) is 6.42 Å². The summed E-state index contributed by atoms with van der Waals surface area (Å²) >= 11 is 0. The molecule has 0 aliphatic heterocycles. The Morgan fingerprint density at radius 1 is 1.46 bits per heavy atom. The first-order valence-corrected chi connectivity index (χ1v) is 5.57. The molecule has 0 spiro atoms. The van der Waals surface area contributed by atoms with Gasteiger partial charge in [0.15, 0.2) is 5.66 Å². The standard InChI is InChI=1S/C7H15O5P/c1-4-5-6(7(8)9)13(10,11-2)12-3/h6H,4-5H2,1-3H3,(H,8,9). The van der Waals surface area contributed by atoms with E-state index in [1.807, 2.05) is 6.92 Å². The fourth-order valence-corrected chi connectivity index (χ4v) is 2.52. The number of hydrogen-bond donors (Lipinski definition) is 1. The molecule has 6 heteroatoms. The number of carboxylic acid groups (broad SMARTS) is 1. The van der Waals surface area contributed by atoms with Crippen LogP contribution < -0.4 is 0 Å². The van der Waals surface area contributed by atoms with Crippen LogP contribution in [0.15, 0.2) is 0 Å². The molecule has 1 N–H and O–H groups in total. The first kappa shape index (κ1) is 12.6. The van der Waals surface area contributed by atoms with Crippen molar-refractivity contribution in [2.75, 3.05) is 14.2 Å². The van der Waals surface area contributed by atoms with Gasteiger partial charge in [0, 0.05) is 14.2 Å². The van der Waals surface area contributed by atoms with E-state index in [-0.39, 0.29) is 6.42 Å². The SMILES string of the molecule is CCCC(C(=O)O)P(=O)(OC)OC. The maximum absolute atomic E-state index is 11.7. The minimum Gasteiger partial charge on any atom is -0.481 e. The lowest BCUT2D eigenvalue weighted by Gasteiger charge is -2.20. The minimum absolute atomic E-state index is 0.286. The number of carbonyl (C=O) groups is 1. The Morgan fingerprint density at radius 3 is 2.15 bits per heavy atom. The van der Waals surface area contributed by atoms with Crippen LogP contribution in [0.5, 0.6) is 0 Å². The lowest BCUT2D eigenvalue weighted by molar-refractivity contribution is -0.137. The molecule has 0 aromatic carbocycles. The molecule has 0 bridgehead atoms. The summed E-state index contributed by atoms with van der Waals surface area (Å²) in [4.78, 5) is 10.7. The summed E-state index contributed by atoms with van der Waals surface area (Å²) < 4.78 is 20.9. The summed E-state index contributed by atoms with van der Waals surface area (Å²) in [6, 6.07) is 0. The molecule has 0 rings (SSSR count). The molecule has 0 fully saturated rings. The predicted octanol–water partition coefficient (Wildman–Crippen LogP) is 1.73. The van der Waals surface area contributed by atoms with E-state index in [1.165, 1.54) is 14.2 Å². The predicted molar refractivity (Wildman–Crippen MR) is 48.0 cm³/mol. The molecule has 0 heterocycles. The average molecular weight is 210 g/mol. The zero-order valence-electron chi connectivity index (χ0n) is 8.02. The third-order valence-electron chi connectivity index (χ3n) is 1.74. The molecular formula is C7H15O5P. The van der Waals surface area contributed by atoms with Crippen molar-refractivity contribution in [3.8, 4) is 0 Å². The molecule has 0 aliphatic carbocycles. The molecule has 1 unspecified atom stereocenters. The highest BCUT2D eigenvalue weighted by Crippen LogP contribution is 2.53. The number of carboxylic acids is 1. The highest BCUT2D eigenvalue weighted by atomic mass is 31.2. The lowest BCUT2D eigenvalue weighted by atomic mass is 10.2. The second kappa shape index (κ2) is 5.37. The molecule has 13 heavy (non-hydrogen) atoms. The van der Waals surface area contributed by atoms with Crippen LogP contribution >= 0.6 is 7.60 Å². The largest absolute Gasteiger partial charge is 0.481 e. The summed E-state index contributed by atoms with van der Waals surface area (Å²) in [5, 5.41) is 8.77. The van der Waals surface area contributed by atoms with Gasteiger partial charge < -0.3 is 14.2 Å². The molecular weight excluding hydrogens is 195 g/mol. The van der Waals surface area contributed by atoms with Crippen LogP contribution in [0, 0.1) is 0 Å². The highest BCUT2D eigenvalue weighted by molar-refractivity contribution is 7.55. The van der Waals surface area contributed by atoms with Gasteiger partial charge in [-0.05, 0) is 6.42 Å². The van der Waals surface area contributed by atoms with Crippen LogP contribution in [0.1, 0.15) is 19.8 Å². The molecule has 0 aliphatic rings. The van der Waals surface area contributed by atoms with Gasteiger partial charge in [0.25, 0.3) is 0 Å². The Bertz CT molecular complexity index is 207. The van der Waals surface area contributed by atoms with Crippen molar-refractivity contribution in [3.63, 3.8) is 0 Å². The molecule has 0 saturated carbocycles. The van der Waals surface area contributed by atoms with Crippen LogP contribution in [0.3, 0.4) is 0 Å². The molecule has 0 amide bonds. The second-order valence-corrected chi connectivity index (χ2v) is 4.98. The smallest absolute Gasteiger partial charge is 0.344 e. The van der Waals surface area contributed by atoms with E-state index >= 15 is 0 Å². The van der Waals surface area contributed by atoms with Crippen molar-refractivity contribution < 1.29 is 23.5 Å². The van der Waals surface area contributed by atoms with Gasteiger partial charge in [-0.2, -0.15) is 0 Å². The molecule has 5 nitrogen and oxygen atoms in total. The van der Waals surface area contributed by atoms with E-state index in [9.17, 15) is 9.36 Å². The molecule has 1 atom stereocenters. The Hall–Kier alpha value is -0.380. The van der Waals surface area contributed by atoms with Gasteiger partial charge >= 0.3 is 13.6 Å². The van der Waals surface area contributed by atoms with Gasteiger partial charge in [-0.3, -0.25) is 9.36 Å². The fraction of sp³-hybridized carbons (Fsp3) is 0.857.